The molecule has 0 spiro atoms. The zero-order valence-electron chi connectivity index (χ0n) is 13.6. The van der Waals surface area contributed by atoms with Crippen molar-refractivity contribution < 1.29 is 23.8 Å². The molecule has 0 radical (unpaired) electrons. The van der Waals surface area contributed by atoms with E-state index in [4.69, 9.17) is 4.74 Å². The number of carbonyl (C=O) groups excluding carboxylic acids is 1. The normalized spacial score (nSPS) is 19.5. The van der Waals surface area contributed by atoms with E-state index in [9.17, 15) is 19.1 Å². The number of likely N-dealkylation sites (tertiary alicyclic amines) is 1. The van der Waals surface area contributed by atoms with Crippen LogP contribution in [0.1, 0.15) is 38.7 Å². The number of hydrogen-bond donors (Lipinski definition) is 1. The standard InChI is InChI=1S/C17H22FNO4/c1-17(2,3)23-16(22)19-8-7-12(10-19)14(15(20)21)11-5-4-6-13(18)9-11/h4-6,9,12,14H,7-8,10H2,1-3H3,(H,20,21). The Labute approximate surface area is 135 Å². The van der Waals surface area contributed by atoms with Crippen molar-refractivity contribution in [3.63, 3.8) is 0 Å². The Morgan fingerprint density at radius 1 is 1.39 bits per heavy atom. The van der Waals surface area contributed by atoms with Crippen LogP contribution in [-0.4, -0.2) is 40.8 Å². The van der Waals surface area contributed by atoms with Gasteiger partial charge in [-0.25, -0.2) is 9.18 Å². The van der Waals surface area contributed by atoms with Crippen LogP contribution in [0.2, 0.25) is 0 Å². The molecule has 1 aromatic carbocycles. The number of benzene rings is 1. The van der Waals surface area contributed by atoms with Gasteiger partial charge in [0.1, 0.15) is 11.4 Å². The minimum atomic E-state index is -1.01. The lowest BCUT2D eigenvalue weighted by atomic mass is 9.85. The maximum atomic E-state index is 13.4. The lowest BCUT2D eigenvalue weighted by Gasteiger charge is -2.25. The molecule has 2 unspecified atom stereocenters. The Morgan fingerprint density at radius 2 is 2.09 bits per heavy atom. The molecule has 126 valence electrons. The molecule has 5 nitrogen and oxygen atoms in total. The molecule has 1 aliphatic heterocycles. The highest BCUT2D eigenvalue weighted by molar-refractivity contribution is 5.77. The lowest BCUT2D eigenvalue weighted by Crippen LogP contribution is -2.36. The Hall–Kier alpha value is -2.11. The summed E-state index contributed by atoms with van der Waals surface area (Å²) in [7, 11) is 0. The average Bonchev–Trinajstić information content (AvgIpc) is 2.86. The Balaban J connectivity index is 2.11. The number of carbonyl (C=O) groups is 2. The van der Waals surface area contributed by atoms with Crippen LogP contribution in [0.15, 0.2) is 24.3 Å². The van der Waals surface area contributed by atoms with Gasteiger partial charge in [0.15, 0.2) is 0 Å². The van der Waals surface area contributed by atoms with E-state index in [-0.39, 0.29) is 5.92 Å². The number of carboxylic acid groups (broad SMARTS) is 1. The fourth-order valence-corrected chi connectivity index (χ4v) is 2.87. The Bertz CT molecular complexity index is 597. The van der Waals surface area contributed by atoms with Crippen molar-refractivity contribution in [1.82, 2.24) is 4.90 Å². The first-order valence-corrected chi connectivity index (χ1v) is 7.63. The van der Waals surface area contributed by atoms with Crippen LogP contribution in [0.4, 0.5) is 9.18 Å². The maximum Gasteiger partial charge on any atom is 0.410 e. The number of carboxylic acids is 1. The first kappa shape index (κ1) is 17.2. The zero-order chi connectivity index (χ0) is 17.2. The third-order valence-electron chi connectivity index (χ3n) is 3.82. The largest absolute Gasteiger partial charge is 0.481 e. The van der Waals surface area contributed by atoms with Gasteiger partial charge in [-0.3, -0.25) is 4.79 Å². The summed E-state index contributed by atoms with van der Waals surface area (Å²) in [5, 5.41) is 9.53. The molecular formula is C17H22FNO4. The van der Waals surface area contributed by atoms with Crippen LogP contribution in [0.5, 0.6) is 0 Å². The molecule has 0 aliphatic carbocycles. The average molecular weight is 323 g/mol. The molecule has 0 saturated carbocycles. The minimum absolute atomic E-state index is 0.262. The molecule has 2 rings (SSSR count). The smallest absolute Gasteiger partial charge is 0.410 e. The van der Waals surface area contributed by atoms with E-state index in [2.05, 4.69) is 0 Å². The predicted molar refractivity (Wildman–Crippen MR) is 82.7 cm³/mol. The molecule has 0 aromatic heterocycles. The van der Waals surface area contributed by atoms with Gasteiger partial charge in [0.05, 0.1) is 5.92 Å². The molecule has 1 amide bonds. The zero-order valence-corrected chi connectivity index (χ0v) is 13.6. The van der Waals surface area contributed by atoms with Gasteiger partial charge in [-0.1, -0.05) is 12.1 Å². The summed E-state index contributed by atoms with van der Waals surface area (Å²) >= 11 is 0. The van der Waals surface area contributed by atoms with Crippen LogP contribution >= 0.6 is 0 Å². The highest BCUT2D eigenvalue weighted by atomic mass is 19.1. The van der Waals surface area contributed by atoms with E-state index >= 15 is 0 Å². The number of nitrogens with zero attached hydrogens (tertiary/aromatic N) is 1. The Kier molecular flexibility index (Phi) is 4.92. The summed E-state index contributed by atoms with van der Waals surface area (Å²) < 4.78 is 18.7. The van der Waals surface area contributed by atoms with Gasteiger partial charge in [-0.05, 0) is 50.8 Å². The molecule has 2 atom stereocenters. The fourth-order valence-electron chi connectivity index (χ4n) is 2.87. The number of rotatable bonds is 3. The van der Waals surface area contributed by atoms with Crippen molar-refractivity contribution in [3.05, 3.63) is 35.6 Å². The summed E-state index contributed by atoms with van der Waals surface area (Å²) in [6, 6.07) is 5.64. The molecule has 23 heavy (non-hydrogen) atoms. The third-order valence-corrected chi connectivity index (χ3v) is 3.82. The van der Waals surface area contributed by atoms with Crippen molar-refractivity contribution in [2.24, 2.45) is 5.92 Å². The van der Waals surface area contributed by atoms with Crippen molar-refractivity contribution in [2.75, 3.05) is 13.1 Å². The molecule has 1 heterocycles. The van der Waals surface area contributed by atoms with Gasteiger partial charge < -0.3 is 14.7 Å². The van der Waals surface area contributed by atoms with Gasteiger partial charge in [0, 0.05) is 13.1 Å². The first-order valence-electron chi connectivity index (χ1n) is 7.63. The van der Waals surface area contributed by atoms with Crippen LogP contribution in [0, 0.1) is 11.7 Å². The monoisotopic (exact) mass is 323 g/mol. The highest BCUT2D eigenvalue weighted by Gasteiger charge is 2.38. The highest BCUT2D eigenvalue weighted by Crippen LogP contribution is 2.33. The van der Waals surface area contributed by atoms with Gasteiger partial charge in [0.25, 0.3) is 0 Å². The van der Waals surface area contributed by atoms with Gasteiger partial charge >= 0.3 is 12.1 Å². The van der Waals surface area contributed by atoms with E-state index in [1.807, 2.05) is 0 Å². The van der Waals surface area contributed by atoms with Crippen molar-refractivity contribution in [3.8, 4) is 0 Å². The third kappa shape index (κ3) is 4.43. The molecule has 1 aromatic rings. The SMILES string of the molecule is CC(C)(C)OC(=O)N1CCC(C(C(=O)O)c2cccc(F)c2)C1. The van der Waals surface area contributed by atoms with E-state index in [1.54, 1.807) is 26.8 Å². The predicted octanol–water partition coefficient (Wildman–Crippen LogP) is 3.25. The molecule has 1 saturated heterocycles. The second-order valence-electron chi connectivity index (χ2n) is 6.85. The molecule has 1 N–H and O–H groups in total. The number of hydrogen-bond acceptors (Lipinski definition) is 3. The summed E-state index contributed by atoms with van der Waals surface area (Å²) in [5.41, 5.74) is -0.169. The number of halogens is 1. The van der Waals surface area contributed by atoms with Crippen molar-refractivity contribution >= 4 is 12.1 Å². The van der Waals surface area contributed by atoms with Crippen LogP contribution in [0.3, 0.4) is 0 Å². The second kappa shape index (κ2) is 6.56. The molecular weight excluding hydrogens is 301 g/mol. The van der Waals surface area contributed by atoms with Crippen molar-refractivity contribution in [2.45, 2.75) is 38.7 Å². The van der Waals surface area contributed by atoms with E-state index < -0.39 is 29.4 Å². The van der Waals surface area contributed by atoms with Crippen LogP contribution < -0.4 is 0 Å². The molecule has 6 heteroatoms. The first-order chi connectivity index (χ1) is 10.7. The lowest BCUT2D eigenvalue weighted by molar-refractivity contribution is -0.140. The number of amides is 1. The fraction of sp³-hybridized carbons (Fsp3) is 0.529. The summed E-state index contributed by atoms with van der Waals surface area (Å²) in [6.45, 7) is 6.09. The van der Waals surface area contributed by atoms with E-state index in [0.29, 0.717) is 25.1 Å². The van der Waals surface area contributed by atoms with Crippen molar-refractivity contribution in [1.29, 1.82) is 0 Å². The number of aliphatic carboxylic acids is 1. The van der Waals surface area contributed by atoms with Gasteiger partial charge in [-0.15, -0.1) is 0 Å². The molecule has 1 fully saturated rings. The summed E-state index contributed by atoms with van der Waals surface area (Å²) in [5.74, 6) is -2.57. The number of ether oxygens (including phenoxy) is 1. The Morgan fingerprint density at radius 3 is 2.65 bits per heavy atom. The summed E-state index contributed by atoms with van der Waals surface area (Å²) in [4.78, 5) is 25.3. The van der Waals surface area contributed by atoms with Crippen LogP contribution in [0.25, 0.3) is 0 Å². The van der Waals surface area contributed by atoms with Gasteiger partial charge in [0.2, 0.25) is 0 Å². The minimum Gasteiger partial charge on any atom is -0.481 e. The molecule has 1 aliphatic rings. The van der Waals surface area contributed by atoms with E-state index in [0.717, 1.165) is 0 Å². The maximum absolute atomic E-state index is 13.4. The second-order valence-corrected chi connectivity index (χ2v) is 6.85. The van der Waals surface area contributed by atoms with Gasteiger partial charge in [-0.2, -0.15) is 0 Å². The summed E-state index contributed by atoms with van der Waals surface area (Å²) in [6.07, 6.45) is 0.107. The molecule has 0 bridgehead atoms. The quantitative estimate of drug-likeness (QED) is 0.927. The topological polar surface area (TPSA) is 66.8 Å². The van der Waals surface area contributed by atoms with E-state index in [1.165, 1.54) is 23.1 Å². The van der Waals surface area contributed by atoms with Crippen LogP contribution in [-0.2, 0) is 9.53 Å².